The van der Waals surface area contributed by atoms with Crippen LogP contribution in [0.25, 0.3) is 17.2 Å². The SMILES string of the molecule is CC(C)CC(C)(C)C(=O)OCCOC(=O)/C=C/c1ccc(-c2ccc(C#N)cc2)cc1. The molecule has 5 nitrogen and oxygen atoms in total. The van der Waals surface area contributed by atoms with Crippen LogP contribution in [0.4, 0.5) is 0 Å². The fourth-order valence-electron chi connectivity index (χ4n) is 3.31. The molecular weight excluding hydrogens is 390 g/mol. The van der Waals surface area contributed by atoms with Crippen LogP contribution >= 0.6 is 0 Å². The summed E-state index contributed by atoms with van der Waals surface area (Å²) in [6, 6.07) is 17.2. The maximum Gasteiger partial charge on any atom is 0.330 e. The first-order valence-electron chi connectivity index (χ1n) is 10.3. The Morgan fingerprint density at radius 3 is 2.06 bits per heavy atom. The molecule has 0 spiro atoms. The largest absolute Gasteiger partial charge is 0.462 e. The maximum atomic E-state index is 12.1. The van der Waals surface area contributed by atoms with Gasteiger partial charge in [0.25, 0.3) is 0 Å². The lowest BCUT2D eigenvalue weighted by atomic mass is 9.84. The van der Waals surface area contributed by atoms with E-state index in [1.54, 1.807) is 18.2 Å². The molecule has 0 amide bonds. The van der Waals surface area contributed by atoms with Gasteiger partial charge in [0.15, 0.2) is 0 Å². The predicted molar refractivity (Wildman–Crippen MR) is 121 cm³/mol. The zero-order valence-electron chi connectivity index (χ0n) is 18.6. The highest BCUT2D eigenvalue weighted by atomic mass is 16.6. The first kappa shape index (κ1) is 23.9. The Hall–Kier alpha value is -3.39. The van der Waals surface area contributed by atoms with Gasteiger partial charge in [0, 0.05) is 6.08 Å². The van der Waals surface area contributed by atoms with Gasteiger partial charge in [-0.2, -0.15) is 5.26 Å². The highest BCUT2D eigenvalue weighted by Crippen LogP contribution is 2.26. The molecule has 0 atom stereocenters. The third kappa shape index (κ3) is 7.75. The van der Waals surface area contributed by atoms with Crippen LogP contribution < -0.4 is 0 Å². The average molecular weight is 420 g/mol. The zero-order chi connectivity index (χ0) is 22.9. The van der Waals surface area contributed by atoms with Crippen molar-refractivity contribution in [3.8, 4) is 17.2 Å². The second-order valence-electron chi connectivity index (χ2n) is 8.43. The van der Waals surface area contributed by atoms with Crippen LogP contribution in [0.5, 0.6) is 0 Å². The molecule has 0 unspecified atom stereocenters. The van der Waals surface area contributed by atoms with Crippen molar-refractivity contribution in [1.82, 2.24) is 0 Å². The summed E-state index contributed by atoms with van der Waals surface area (Å²) in [6.07, 6.45) is 3.75. The monoisotopic (exact) mass is 419 g/mol. The number of benzene rings is 2. The van der Waals surface area contributed by atoms with Crippen molar-refractivity contribution in [2.24, 2.45) is 11.3 Å². The second-order valence-corrected chi connectivity index (χ2v) is 8.43. The van der Waals surface area contributed by atoms with Crippen molar-refractivity contribution < 1.29 is 19.1 Å². The smallest absolute Gasteiger partial charge is 0.330 e. The molecule has 0 saturated heterocycles. The molecule has 0 aliphatic heterocycles. The summed E-state index contributed by atoms with van der Waals surface area (Å²) in [5.74, 6) is -0.382. The molecule has 2 aromatic rings. The van der Waals surface area contributed by atoms with Crippen molar-refractivity contribution >= 4 is 18.0 Å². The molecule has 5 heteroatoms. The number of ether oxygens (including phenoxy) is 2. The van der Waals surface area contributed by atoms with Gasteiger partial charge in [0.1, 0.15) is 13.2 Å². The fraction of sp³-hybridized carbons (Fsp3) is 0.346. The zero-order valence-corrected chi connectivity index (χ0v) is 18.6. The van der Waals surface area contributed by atoms with Gasteiger partial charge in [0.05, 0.1) is 17.0 Å². The number of hydrogen-bond donors (Lipinski definition) is 0. The third-order valence-corrected chi connectivity index (χ3v) is 4.70. The lowest BCUT2D eigenvalue weighted by molar-refractivity contribution is -0.158. The highest BCUT2D eigenvalue weighted by molar-refractivity contribution is 5.87. The van der Waals surface area contributed by atoms with Crippen molar-refractivity contribution in [2.45, 2.75) is 34.1 Å². The van der Waals surface area contributed by atoms with E-state index < -0.39 is 11.4 Å². The summed E-state index contributed by atoms with van der Waals surface area (Å²) in [5, 5.41) is 8.87. The molecule has 0 aromatic heterocycles. The number of nitrogens with zero attached hydrogens (tertiary/aromatic N) is 1. The van der Waals surface area contributed by atoms with Gasteiger partial charge in [-0.25, -0.2) is 4.79 Å². The minimum absolute atomic E-state index is 0.0182. The number of rotatable bonds is 9. The summed E-state index contributed by atoms with van der Waals surface area (Å²) in [6.45, 7) is 7.89. The first-order valence-corrected chi connectivity index (χ1v) is 10.3. The highest BCUT2D eigenvalue weighted by Gasteiger charge is 2.30. The topological polar surface area (TPSA) is 76.4 Å². The van der Waals surface area contributed by atoms with E-state index in [1.807, 2.05) is 50.2 Å². The molecule has 0 bridgehead atoms. The van der Waals surface area contributed by atoms with Gasteiger partial charge < -0.3 is 9.47 Å². The van der Waals surface area contributed by atoms with Crippen molar-refractivity contribution in [2.75, 3.05) is 13.2 Å². The summed E-state index contributed by atoms with van der Waals surface area (Å²) >= 11 is 0. The lowest BCUT2D eigenvalue weighted by Crippen LogP contribution is -2.29. The Morgan fingerprint density at radius 1 is 0.968 bits per heavy atom. The van der Waals surface area contributed by atoms with Crippen LogP contribution in [0.15, 0.2) is 54.6 Å². The maximum absolute atomic E-state index is 12.1. The molecule has 0 N–H and O–H groups in total. The number of esters is 2. The molecule has 0 saturated carbocycles. The Kier molecular flexibility index (Phi) is 8.57. The van der Waals surface area contributed by atoms with Crippen LogP contribution in [-0.2, 0) is 19.1 Å². The molecule has 2 rings (SSSR count). The van der Waals surface area contributed by atoms with Gasteiger partial charge in [-0.1, -0.05) is 50.2 Å². The van der Waals surface area contributed by atoms with E-state index in [0.717, 1.165) is 23.1 Å². The molecule has 162 valence electrons. The van der Waals surface area contributed by atoms with Crippen molar-refractivity contribution in [1.29, 1.82) is 5.26 Å². The van der Waals surface area contributed by atoms with Crippen molar-refractivity contribution in [3.63, 3.8) is 0 Å². The van der Waals surface area contributed by atoms with Gasteiger partial charge in [-0.15, -0.1) is 0 Å². The molecule has 0 fully saturated rings. The Morgan fingerprint density at radius 2 is 1.52 bits per heavy atom. The molecular formula is C26H29NO4. The van der Waals surface area contributed by atoms with Gasteiger partial charge >= 0.3 is 11.9 Å². The van der Waals surface area contributed by atoms with Crippen molar-refractivity contribution in [3.05, 3.63) is 65.7 Å². The second kappa shape index (κ2) is 11.1. The van der Waals surface area contributed by atoms with Gasteiger partial charge in [0.2, 0.25) is 0 Å². The molecule has 0 aliphatic rings. The van der Waals surface area contributed by atoms with E-state index >= 15 is 0 Å². The minimum Gasteiger partial charge on any atom is -0.462 e. The molecule has 31 heavy (non-hydrogen) atoms. The summed E-state index contributed by atoms with van der Waals surface area (Å²) in [7, 11) is 0. The summed E-state index contributed by atoms with van der Waals surface area (Å²) < 4.78 is 10.3. The predicted octanol–water partition coefficient (Wildman–Crippen LogP) is 5.40. The number of nitriles is 1. The number of carbonyl (C=O) groups is 2. The van der Waals surface area contributed by atoms with E-state index in [-0.39, 0.29) is 19.2 Å². The molecule has 2 aromatic carbocycles. The lowest BCUT2D eigenvalue weighted by Gasteiger charge is -2.24. The van der Waals surface area contributed by atoms with Crippen LogP contribution in [0.3, 0.4) is 0 Å². The molecule has 0 aliphatic carbocycles. The standard InChI is InChI=1S/C26H29NO4/c1-19(2)17-26(3,4)25(29)31-16-15-30-24(28)14-9-20-5-10-22(11-6-20)23-12-7-21(18-27)8-13-23/h5-14,19H,15-17H2,1-4H3/b14-9+. The summed E-state index contributed by atoms with van der Waals surface area (Å²) in [4.78, 5) is 24.0. The third-order valence-electron chi connectivity index (χ3n) is 4.70. The number of carbonyl (C=O) groups excluding carboxylic acids is 2. The van der Waals surface area contributed by atoms with Crippen LogP contribution in [0, 0.1) is 22.7 Å². The van der Waals surface area contributed by atoms with E-state index in [9.17, 15) is 9.59 Å². The minimum atomic E-state index is -0.554. The van der Waals surface area contributed by atoms with E-state index in [1.165, 1.54) is 6.08 Å². The number of hydrogen-bond acceptors (Lipinski definition) is 5. The first-order chi connectivity index (χ1) is 14.7. The molecule has 0 radical (unpaired) electrons. The summed E-state index contributed by atoms with van der Waals surface area (Å²) in [5.41, 5.74) is 2.96. The fourth-order valence-corrected chi connectivity index (χ4v) is 3.31. The normalized spacial score (nSPS) is 11.4. The Labute approximate surface area is 184 Å². The quantitative estimate of drug-likeness (QED) is 0.309. The Bertz CT molecular complexity index is 948. The van der Waals surface area contributed by atoms with E-state index in [2.05, 4.69) is 19.9 Å². The van der Waals surface area contributed by atoms with Gasteiger partial charge in [-0.05, 0) is 61.1 Å². The van der Waals surface area contributed by atoms with Gasteiger partial charge in [-0.3, -0.25) is 4.79 Å². The Balaban J connectivity index is 1.78. The molecule has 0 heterocycles. The van der Waals surface area contributed by atoms with Crippen LogP contribution in [0.1, 0.15) is 45.2 Å². The van der Waals surface area contributed by atoms with Crippen LogP contribution in [0.2, 0.25) is 0 Å². The average Bonchev–Trinajstić information content (AvgIpc) is 2.74. The van der Waals surface area contributed by atoms with E-state index in [4.69, 9.17) is 14.7 Å². The van der Waals surface area contributed by atoms with E-state index in [0.29, 0.717) is 11.5 Å². The van der Waals surface area contributed by atoms with Crippen LogP contribution in [-0.4, -0.2) is 25.2 Å².